The quantitative estimate of drug-likeness (QED) is 0.842. The first kappa shape index (κ1) is 10.4. The van der Waals surface area contributed by atoms with Crippen molar-refractivity contribution in [1.82, 2.24) is 4.98 Å². The number of hydrogen-bond donors (Lipinski definition) is 1. The first-order valence-corrected chi connectivity index (χ1v) is 4.76. The molecule has 0 fully saturated rings. The van der Waals surface area contributed by atoms with Crippen molar-refractivity contribution in [3.05, 3.63) is 42.3 Å². The number of nitrogens with zero attached hydrogens (tertiary/aromatic N) is 1. The van der Waals surface area contributed by atoms with Crippen LogP contribution in [0.15, 0.2) is 36.5 Å². The molecular weight excluding hydrogens is 207 g/mol. The summed E-state index contributed by atoms with van der Waals surface area (Å²) in [4.78, 5) is 3.77. The van der Waals surface area contributed by atoms with E-state index in [1.54, 1.807) is 13.3 Å². The molecule has 0 spiro atoms. The van der Waals surface area contributed by atoms with Gasteiger partial charge in [-0.2, -0.15) is 0 Å². The van der Waals surface area contributed by atoms with E-state index in [1.807, 2.05) is 24.3 Å². The van der Waals surface area contributed by atoms with Gasteiger partial charge in [0.15, 0.2) is 11.6 Å². The van der Waals surface area contributed by atoms with Gasteiger partial charge in [0.25, 0.3) is 0 Å². The zero-order valence-electron chi connectivity index (χ0n) is 8.77. The Morgan fingerprint density at radius 3 is 2.44 bits per heavy atom. The van der Waals surface area contributed by atoms with Crippen molar-refractivity contribution in [1.29, 1.82) is 0 Å². The minimum Gasteiger partial charge on any atom is -0.497 e. The van der Waals surface area contributed by atoms with Crippen molar-refractivity contribution in [3.8, 4) is 16.9 Å². The second-order valence-corrected chi connectivity index (χ2v) is 3.32. The van der Waals surface area contributed by atoms with E-state index in [9.17, 15) is 4.39 Å². The van der Waals surface area contributed by atoms with E-state index in [0.29, 0.717) is 5.56 Å². The topological polar surface area (TPSA) is 48.1 Å². The zero-order valence-corrected chi connectivity index (χ0v) is 8.77. The molecule has 0 atom stereocenters. The van der Waals surface area contributed by atoms with Crippen molar-refractivity contribution in [2.75, 3.05) is 12.8 Å². The number of nitrogens with two attached hydrogens (primary N) is 1. The third kappa shape index (κ3) is 1.95. The van der Waals surface area contributed by atoms with Crippen LogP contribution >= 0.6 is 0 Å². The minimum absolute atomic E-state index is 0.0859. The van der Waals surface area contributed by atoms with E-state index in [4.69, 9.17) is 10.5 Å². The fraction of sp³-hybridized carbons (Fsp3) is 0.0833. The molecule has 0 aliphatic heterocycles. The molecule has 2 rings (SSSR count). The van der Waals surface area contributed by atoms with Gasteiger partial charge in [0.2, 0.25) is 0 Å². The van der Waals surface area contributed by atoms with Gasteiger partial charge in [0, 0.05) is 11.8 Å². The Morgan fingerprint density at radius 2 is 1.88 bits per heavy atom. The van der Waals surface area contributed by atoms with Crippen molar-refractivity contribution in [3.63, 3.8) is 0 Å². The van der Waals surface area contributed by atoms with Crippen molar-refractivity contribution in [2.45, 2.75) is 0 Å². The lowest BCUT2D eigenvalue weighted by Gasteiger charge is -2.04. The molecular formula is C12H11FN2O. The molecule has 1 aromatic heterocycles. The van der Waals surface area contributed by atoms with E-state index < -0.39 is 5.82 Å². The molecule has 1 heterocycles. The smallest absolute Gasteiger partial charge is 0.165 e. The number of anilines is 1. The number of halogens is 1. The summed E-state index contributed by atoms with van der Waals surface area (Å²) >= 11 is 0. The van der Waals surface area contributed by atoms with Crippen LogP contribution < -0.4 is 10.5 Å². The second kappa shape index (κ2) is 4.18. The molecule has 0 unspecified atom stereocenters. The van der Waals surface area contributed by atoms with E-state index in [0.717, 1.165) is 11.3 Å². The molecule has 0 aliphatic carbocycles. The SMILES string of the molecule is COc1ccc(-c2cnc(N)c(F)c2)cc1. The number of methoxy groups -OCH3 is 1. The van der Waals surface area contributed by atoms with Crippen LogP contribution in [0.1, 0.15) is 0 Å². The molecule has 0 amide bonds. The molecule has 4 heteroatoms. The monoisotopic (exact) mass is 218 g/mol. The van der Waals surface area contributed by atoms with Gasteiger partial charge < -0.3 is 10.5 Å². The Hall–Kier alpha value is -2.10. The molecule has 2 aromatic rings. The fourth-order valence-electron chi connectivity index (χ4n) is 1.39. The average Bonchev–Trinajstić information content (AvgIpc) is 2.33. The van der Waals surface area contributed by atoms with E-state index in [2.05, 4.69) is 4.98 Å². The molecule has 0 saturated heterocycles. The Kier molecular flexibility index (Phi) is 2.72. The van der Waals surface area contributed by atoms with Crippen molar-refractivity contribution >= 4 is 5.82 Å². The van der Waals surface area contributed by atoms with Crippen LogP contribution in [0.25, 0.3) is 11.1 Å². The number of ether oxygens (including phenoxy) is 1. The fourth-order valence-corrected chi connectivity index (χ4v) is 1.39. The van der Waals surface area contributed by atoms with Gasteiger partial charge in [-0.1, -0.05) is 12.1 Å². The van der Waals surface area contributed by atoms with Crippen molar-refractivity contribution < 1.29 is 9.13 Å². The summed E-state index contributed by atoms with van der Waals surface area (Å²) in [5.41, 5.74) is 6.86. The molecule has 82 valence electrons. The highest BCUT2D eigenvalue weighted by Gasteiger charge is 2.03. The summed E-state index contributed by atoms with van der Waals surface area (Å²) < 4.78 is 18.2. The van der Waals surface area contributed by atoms with Crippen LogP contribution in [0.5, 0.6) is 5.75 Å². The van der Waals surface area contributed by atoms with Crippen LogP contribution in [-0.2, 0) is 0 Å². The first-order valence-electron chi connectivity index (χ1n) is 4.76. The van der Waals surface area contributed by atoms with Crippen LogP contribution in [0.3, 0.4) is 0 Å². The lowest BCUT2D eigenvalue weighted by atomic mass is 10.1. The Labute approximate surface area is 92.7 Å². The maximum Gasteiger partial charge on any atom is 0.165 e. The van der Waals surface area contributed by atoms with Crippen LogP contribution in [0.4, 0.5) is 10.2 Å². The number of hydrogen-bond acceptors (Lipinski definition) is 3. The molecule has 0 bridgehead atoms. The van der Waals surface area contributed by atoms with E-state index in [-0.39, 0.29) is 5.82 Å². The number of aromatic nitrogens is 1. The highest BCUT2D eigenvalue weighted by Crippen LogP contribution is 2.23. The Balaban J connectivity index is 2.38. The van der Waals surface area contributed by atoms with Gasteiger partial charge in [0.1, 0.15) is 5.75 Å². The molecule has 1 aromatic carbocycles. The van der Waals surface area contributed by atoms with Crippen LogP contribution in [-0.4, -0.2) is 12.1 Å². The minimum atomic E-state index is -0.506. The van der Waals surface area contributed by atoms with Crippen LogP contribution in [0.2, 0.25) is 0 Å². The number of rotatable bonds is 2. The highest BCUT2D eigenvalue weighted by atomic mass is 19.1. The predicted molar refractivity (Wildman–Crippen MR) is 60.6 cm³/mol. The Morgan fingerprint density at radius 1 is 1.19 bits per heavy atom. The zero-order chi connectivity index (χ0) is 11.5. The third-order valence-electron chi connectivity index (χ3n) is 2.29. The van der Waals surface area contributed by atoms with Gasteiger partial charge in [-0.3, -0.25) is 0 Å². The maximum atomic E-state index is 13.2. The summed E-state index contributed by atoms with van der Waals surface area (Å²) in [6.45, 7) is 0. The predicted octanol–water partition coefficient (Wildman–Crippen LogP) is 2.48. The van der Waals surface area contributed by atoms with Gasteiger partial charge in [-0.25, -0.2) is 9.37 Å². The number of pyridine rings is 1. The van der Waals surface area contributed by atoms with Gasteiger partial charge >= 0.3 is 0 Å². The van der Waals surface area contributed by atoms with Gasteiger partial charge in [-0.05, 0) is 23.8 Å². The summed E-state index contributed by atoms with van der Waals surface area (Å²) in [7, 11) is 1.60. The molecule has 2 N–H and O–H groups in total. The lowest BCUT2D eigenvalue weighted by molar-refractivity contribution is 0.415. The molecule has 3 nitrogen and oxygen atoms in total. The molecule has 0 aliphatic rings. The normalized spacial score (nSPS) is 10.1. The lowest BCUT2D eigenvalue weighted by Crippen LogP contribution is -1.94. The van der Waals surface area contributed by atoms with Crippen molar-refractivity contribution in [2.24, 2.45) is 0 Å². The standard InChI is InChI=1S/C12H11FN2O/c1-16-10-4-2-8(3-5-10)9-6-11(13)12(14)15-7-9/h2-7H,1H3,(H2,14,15). The molecule has 0 radical (unpaired) electrons. The van der Waals surface area contributed by atoms with Crippen LogP contribution in [0, 0.1) is 5.82 Å². The molecule has 0 saturated carbocycles. The third-order valence-corrected chi connectivity index (χ3v) is 2.29. The summed E-state index contributed by atoms with van der Waals surface area (Å²) in [6, 6.07) is 8.66. The van der Waals surface area contributed by atoms with E-state index >= 15 is 0 Å². The summed E-state index contributed by atoms with van der Waals surface area (Å²) in [6.07, 6.45) is 1.54. The summed E-state index contributed by atoms with van der Waals surface area (Å²) in [5, 5.41) is 0. The highest BCUT2D eigenvalue weighted by molar-refractivity contribution is 5.64. The van der Waals surface area contributed by atoms with Gasteiger partial charge in [0.05, 0.1) is 7.11 Å². The number of nitrogen functional groups attached to an aromatic ring is 1. The average molecular weight is 218 g/mol. The Bertz CT molecular complexity index is 497. The van der Waals surface area contributed by atoms with E-state index in [1.165, 1.54) is 6.07 Å². The molecule has 16 heavy (non-hydrogen) atoms. The summed E-state index contributed by atoms with van der Waals surface area (Å²) in [5.74, 6) is 0.165. The first-order chi connectivity index (χ1) is 7.70. The maximum absolute atomic E-state index is 13.2. The second-order valence-electron chi connectivity index (χ2n) is 3.32. The van der Waals surface area contributed by atoms with Gasteiger partial charge in [-0.15, -0.1) is 0 Å². The largest absolute Gasteiger partial charge is 0.497 e. The number of benzene rings is 1.